The highest BCUT2D eigenvalue weighted by Gasteiger charge is 2.14. The Morgan fingerprint density at radius 3 is 2.41 bits per heavy atom. The van der Waals surface area contributed by atoms with E-state index < -0.39 is 9.84 Å². The first-order valence-corrected chi connectivity index (χ1v) is 7.22. The minimum Gasteiger partial charge on any atom is -0.376 e. The molecular weight excluding hydrogens is 238 g/mol. The van der Waals surface area contributed by atoms with Crippen LogP contribution in [-0.2, 0) is 14.6 Å². The van der Waals surface area contributed by atoms with Crippen LogP contribution < -0.4 is 5.73 Å². The molecule has 17 heavy (non-hydrogen) atoms. The van der Waals surface area contributed by atoms with Gasteiger partial charge in [0, 0.05) is 6.54 Å². The number of nitrogens with two attached hydrogens (primary N) is 1. The first kappa shape index (κ1) is 14.2. The lowest BCUT2D eigenvalue weighted by Gasteiger charge is -2.10. The van der Waals surface area contributed by atoms with Crippen LogP contribution in [0.5, 0.6) is 0 Å². The van der Waals surface area contributed by atoms with E-state index in [4.69, 9.17) is 10.5 Å². The second kappa shape index (κ2) is 6.14. The molecule has 1 atom stereocenters. The first-order valence-electron chi connectivity index (χ1n) is 5.57. The third-order valence-electron chi connectivity index (χ3n) is 2.47. The molecule has 0 aliphatic rings. The molecule has 0 bridgehead atoms. The molecule has 1 rings (SSSR count). The molecule has 96 valence electrons. The van der Waals surface area contributed by atoms with Gasteiger partial charge in [-0.2, -0.15) is 0 Å². The molecule has 5 heteroatoms. The topological polar surface area (TPSA) is 69.4 Å². The highest BCUT2D eigenvalue weighted by Crippen LogP contribution is 2.12. The van der Waals surface area contributed by atoms with Crippen molar-refractivity contribution in [3.8, 4) is 0 Å². The van der Waals surface area contributed by atoms with E-state index in [2.05, 4.69) is 0 Å². The predicted molar refractivity (Wildman–Crippen MR) is 67.7 cm³/mol. The van der Waals surface area contributed by atoms with Crippen LogP contribution in [0.2, 0.25) is 0 Å². The van der Waals surface area contributed by atoms with Crippen molar-refractivity contribution in [3.63, 3.8) is 0 Å². The van der Waals surface area contributed by atoms with Gasteiger partial charge >= 0.3 is 0 Å². The Morgan fingerprint density at radius 2 is 1.88 bits per heavy atom. The van der Waals surface area contributed by atoms with Gasteiger partial charge in [-0.3, -0.25) is 0 Å². The lowest BCUT2D eigenvalue weighted by Crippen LogP contribution is -2.23. The summed E-state index contributed by atoms with van der Waals surface area (Å²) in [6.45, 7) is 4.31. The van der Waals surface area contributed by atoms with Crippen LogP contribution in [0.25, 0.3) is 0 Å². The van der Waals surface area contributed by atoms with Gasteiger partial charge in [0.2, 0.25) is 0 Å². The van der Waals surface area contributed by atoms with E-state index in [1.165, 1.54) is 0 Å². The molecule has 1 unspecified atom stereocenters. The second-order valence-corrected chi connectivity index (χ2v) is 6.16. The van der Waals surface area contributed by atoms with Gasteiger partial charge in [0.1, 0.15) is 0 Å². The standard InChI is InChI=1S/C12H19NO3S/c1-10-3-5-12(6-4-10)17(14,15)8-7-16-11(2)9-13/h3-6,11H,7-9,13H2,1-2H3. The minimum atomic E-state index is -3.25. The fourth-order valence-electron chi connectivity index (χ4n) is 1.29. The van der Waals surface area contributed by atoms with Gasteiger partial charge < -0.3 is 10.5 Å². The fourth-order valence-corrected chi connectivity index (χ4v) is 2.39. The lowest BCUT2D eigenvalue weighted by molar-refractivity contribution is 0.0838. The van der Waals surface area contributed by atoms with Gasteiger partial charge in [0.05, 0.1) is 23.4 Å². The Balaban J connectivity index is 2.60. The molecule has 0 spiro atoms. The Labute approximate surface area is 103 Å². The van der Waals surface area contributed by atoms with Crippen molar-refractivity contribution in [2.24, 2.45) is 5.73 Å². The summed E-state index contributed by atoms with van der Waals surface area (Å²) < 4.78 is 29.1. The monoisotopic (exact) mass is 257 g/mol. The maximum absolute atomic E-state index is 11.9. The SMILES string of the molecule is Cc1ccc(S(=O)(=O)CCOC(C)CN)cc1. The highest BCUT2D eigenvalue weighted by atomic mass is 32.2. The van der Waals surface area contributed by atoms with Crippen molar-refractivity contribution in [3.05, 3.63) is 29.8 Å². The summed E-state index contributed by atoms with van der Waals surface area (Å²) in [5.74, 6) is -0.0135. The maximum Gasteiger partial charge on any atom is 0.180 e. The molecule has 1 aromatic rings. The van der Waals surface area contributed by atoms with Gasteiger partial charge in [-0.15, -0.1) is 0 Å². The zero-order chi connectivity index (χ0) is 12.9. The Hall–Kier alpha value is -0.910. The van der Waals surface area contributed by atoms with Crippen molar-refractivity contribution in [1.29, 1.82) is 0 Å². The number of ether oxygens (including phenoxy) is 1. The van der Waals surface area contributed by atoms with Crippen LogP contribution in [0.4, 0.5) is 0 Å². The fraction of sp³-hybridized carbons (Fsp3) is 0.500. The smallest absolute Gasteiger partial charge is 0.180 e. The molecular formula is C12H19NO3S. The average molecular weight is 257 g/mol. The molecule has 4 nitrogen and oxygen atoms in total. The number of hydrogen-bond acceptors (Lipinski definition) is 4. The van der Waals surface area contributed by atoms with Crippen LogP contribution in [-0.4, -0.2) is 33.4 Å². The molecule has 0 aliphatic heterocycles. The number of benzene rings is 1. The summed E-state index contributed by atoms with van der Waals surface area (Å²) in [7, 11) is -3.25. The van der Waals surface area contributed by atoms with Gasteiger partial charge in [0.15, 0.2) is 9.84 Å². The molecule has 0 aliphatic carbocycles. The molecule has 1 aromatic carbocycles. The minimum absolute atomic E-state index is 0.0135. The Morgan fingerprint density at radius 1 is 1.29 bits per heavy atom. The Kier molecular flexibility index (Phi) is 5.11. The van der Waals surface area contributed by atoms with Gasteiger partial charge in [0.25, 0.3) is 0 Å². The zero-order valence-corrected chi connectivity index (χ0v) is 11.0. The second-order valence-electron chi connectivity index (χ2n) is 4.05. The largest absolute Gasteiger partial charge is 0.376 e. The van der Waals surface area contributed by atoms with E-state index in [9.17, 15) is 8.42 Å². The number of hydrogen-bond donors (Lipinski definition) is 1. The summed E-state index contributed by atoms with van der Waals surface area (Å²) in [4.78, 5) is 0.340. The lowest BCUT2D eigenvalue weighted by atomic mass is 10.2. The molecule has 0 heterocycles. The molecule has 0 fully saturated rings. The molecule has 0 radical (unpaired) electrons. The van der Waals surface area contributed by atoms with Crippen LogP contribution in [0.3, 0.4) is 0 Å². The number of rotatable bonds is 6. The molecule has 0 amide bonds. The van der Waals surface area contributed by atoms with E-state index in [1.807, 2.05) is 13.8 Å². The van der Waals surface area contributed by atoms with Crippen molar-refractivity contribution in [2.45, 2.75) is 24.8 Å². The molecule has 0 saturated carbocycles. The highest BCUT2D eigenvalue weighted by molar-refractivity contribution is 7.91. The third kappa shape index (κ3) is 4.46. The number of aryl methyl sites for hydroxylation is 1. The zero-order valence-electron chi connectivity index (χ0n) is 10.2. The quantitative estimate of drug-likeness (QED) is 0.829. The average Bonchev–Trinajstić information content (AvgIpc) is 2.29. The van der Waals surface area contributed by atoms with Gasteiger partial charge in [-0.1, -0.05) is 17.7 Å². The summed E-state index contributed by atoms with van der Waals surface area (Å²) in [5, 5.41) is 0. The van der Waals surface area contributed by atoms with Gasteiger partial charge in [-0.25, -0.2) is 8.42 Å². The molecule has 0 aromatic heterocycles. The third-order valence-corrected chi connectivity index (χ3v) is 4.16. The number of sulfone groups is 1. The van der Waals surface area contributed by atoms with E-state index in [-0.39, 0.29) is 18.5 Å². The maximum atomic E-state index is 11.9. The van der Waals surface area contributed by atoms with Crippen LogP contribution in [0.1, 0.15) is 12.5 Å². The van der Waals surface area contributed by atoms with Gasteiger partial charge in [-0.05, 0) is 26.0 Å². The Bertz CT molecular complexity index is 439. The summed E-state index contributed by atoms with van der Waals surface area (Å²) in [5.41, 5.74) is 6.41. The van der Waals surface area contributed by atoms with E-state index >= 15 is 0 Å². The normalized spacial score (nSPS) is 13.6. The van der Waals surface area contributed by atoms with Crippen molar-refractivity contribution in [2.75, 3.05) is 18.9 Å². The molecule has 0 saturated heterocycles. The predicted octanol–water partition coefficient (Wildman–Crippen LogP) is 1.13. The summed E-state index contributed by atoms with van der Waals surface area (Å²) >= 11 is 0. The summed E-state index contributed by atoms with van der Waals surface area (Å²) in [6, 6.07) is 6.82. The van der Waals surface area contributed by atoms with Crippen molar-refractivity contribution in [1.82, 2.24) is 0 Å². The molecule has 2 N–H and O–H groups in total. The van der Waals surface area contributed by atoms with Crippen LogP contribution >= 0.6 is 0 Å². The van der Waals surface area contributed by atoms with Crippen molar-refractivity contribution < 1.29 is 13.2 Å². The van der Waals surface area contributed by atoms with E-state index in [0.29, 0.717) is 11.4 Å². The van der Waals surface area contributed by atoms with Crippen LogP contribution in [0, 0.1) is 6.92 Å². The summed E-state index contributed by atoms with van der Waals surface area (Å²) in [6.07, 6.45) is -0.108. The van der Waals surface area contributed by atoms with E-state index in [1.54, 1.807) is 24.3 Å². The van der Waals surface area contributed by atoms with Crippen molar-refractivity contribution >= 4 is 9.84 Å². The van der Waals surface area contributed by atoms with Crippen LogP contribution in [0.15, 0.2) is 29.2 Å². The van der Waals surface area contributed by atoms with E-state index in [0.717, 1.165) is 5.56 Å². The first-order chi connectivity index (χ1) is 7.95.